The summed E-state index contributed by atoms with van der Waals surface area (Å²) >= 11 is 0. The maximum Gasteiger partial charge on any atom is 0.248 e. The highest BCUT2D eigenvalue weighted by molar-refractivity contribution is 5.58. The second-order valence-electron chi connectivity index (χ2n) is 2.76. The molecule has 1 heterocycles. The van der Waals surface area contributed by atoms with Crippen molar-refractivity contribution in [2.24, 2.45) is 0 Å². The fourth-order valence-electron chi connectivity index (χ4n) is 0.943. The first-order valence-corrected chi connectivity index (χ1v) is 4.45. The fraction of sp³-hybridized carbons (Fsp3) is 0.500. The summed E-state index contributed by atoms with van der Waals surface area (Å²) in [5.41, 5.74) is 11.2. The molecule has 0 spiro atoms. The first-order chi connectivity index (χ1) is 7.04. The first-order valence-electron chi connectivity index (χ1n) is 4.45. The fourth-order valence-corrected chi connectivity index (χ4v) is 0.943. The predicted octanol–water partition coefficient (Wildman–Crippen LogP) is -0.243. The van der Waals surface area contributed by atoms with Gasteiger partial charge in [0, 0.05) is 0 Å². The Labute approximate surface area is 87.0 Å². The average Bonchev–Trinajstić information content (AvgIpc) is 2.12. The van der Waals surface area contributed by atoms with Crippen LogP contribution in [0.4, 0.5) is 11.6 Å². The second kappa shape index (κ2) is 4.65. The minimum atomic E-state index is -1.03. The molecule has 0 aliphatic heterocycles. The van der Waals surface area contributed by atoms with E-state index in [0.29, 0.717) is 6.61 Å². The third kappa shape index (κ3) is 2.84. The Balaban J connectivity index is 3.04. The van der Waals surface area contributed by atoms with Crippen molar-refractivity contribution in [2.45, 2.75) is 20.1 Å². The summed E-state index contributed by atoms with van der Waals surface area (Å²) in [5, 5.41) is 9.02. The van der Waals surface area contributed by atoms with Gasteiger partial charge in [-0.3, -0.25) is 0 Å². The number of nitrogens with two attached hydrogens (primary N) is 2. The molecule has 5 N–H and O–H groups in total. The maximum atomic E-state index is 9.02. The van der Waals surface area contributed by atoms with E-state index in [-0.39, 0.29) is 23.4 Å². The van der Waals surface area contributed by atoms with Crippen molar-refractivity contribution >= 4 is 11.6 Å². The molecule has 1 unspecified atom stereocenters. The normalized spacial score (nSPS) is 12.2. The largest absolute Gasteiger partial charge is 0.476 e. The van der Waals surface area contributed by atoms with Crippen LogP contribution in [0.2, 0.25) is 0 Å². The highest BCUT2D eigenvalue weighted by Gasteiger charge is 2.14. The molecule has 7 nitrogen and oxygen atoms in total. The summed E-state index contributed by atoms with van der Waals surface area (Å²) in [7, 11) is 0. The molecule has 0 saturated heterocycles. The molecular weight excluding hydrogens is 200 g/mol. The van der Waals surface area contributed by atoms with Crippen LogP contribution in [0.1, 0.15) is 13.8 Å². The van der Waals surface area contributed by atoms with Crippen LogP contribution in [0.15, 0.2) is 0 Å². The molecule has 0 radical (unpaired) electrons. The lowest BCUT2D eigenvalue weighted by Crippen LogP contribution is -2.14. The lowest BCUT2D eigenvalue weighted by molar-refractivity contribution is -0.00317. The number of nitrogens with zero attached hydrogens (tertiary/aromatic N) is 2. The number of aliphatic hydroxyl groups excluding tert-OH is 1. The van der Waals surface area contributed by atoms with E-state index in [1.165, 1.54) is 6.92 Å². The zero-order chi connectivity index (χ0) is 11.4. The van der Waals surface area contributed by atoms with Gasteiger partial charge in [0.1, 0.15) is 0 Å². The molecule has 1 rings (SSSR count). The minimum absolute atomic E-state index is 0.0148. The molecule has 1 aromatic rings. The summed E-state index contributed by atoms with van der Waals surface area (Å²) < 4.78 is 10.1. The van der Waals surface area contributed by atoms with Gasteiger partial charge in [0.05, 0.1) is 6.61 Å². The molecule has 1 aromatic heterocycles. The van der Waals surface area contributed by atoms with Gasteiger partial charge >= 0.3 is 0 Å². The van der Waals surface area contributed by atoms with Gasteiger partial charge in [-0.15, -0.1) is 0 Å². The lowest BCUT2D eigenvalue weighted by atomic mass is 10.5. The molecular formula is C8H14N4O3. The smallest absolute Gasteiger partial charge is 0.248 e. The van der Waals surface area contributed by atoms with Gasteiger partial charge in [-0.25, -0.2) is 0 Å². The average molecular weight is 214 g/mol. The molecule has 0 amide bonds. The number of hydrogen-bond donors (Lipinski definition) is 3. The highest BCUT2D eigenvalue weighted by Crippen LogP contribution is 2.29. The summed E-state index contributed by atoms with van der Waals surface area (Å²) in [6.07, 6.45) is -1.03. The Hall–Kier alpha value is -1.76. The van der Waals surface area contributed by atoms with E-state index in [9.17, 15) is 0 Å². The molecule has 0 aliphatic rings. The molecule has 0 bridgehead atoms. The summed E-state index contributed by atoms with van der Waals surface area (Å²) in [5.74, 6) is 0.143. The second-order valence-corrected chi connectivity index (χ2v) is 2.76. The van der Waals surface area contributed by atoms with E-state index in [1.54, 1.807) is 6.92 Å². The van der Waals surface area contributed by atoms with Crippen LogP contribution in [-0.2, 0) is 0 Å². The van der Waals surface area contributed by atoms with E-state index in [1.807, 2.05) is 0 Å². The number of hydrogen-bond acceptors (Lipinski definition) is 7. The summed E-state index contributed by atoms with van der Waals surface area (Å²) in [6, 6.07) is 0. The van der Waals surface area contributed by atoms with Gasteiger partial charge in [-0.2, -0.15) is 9.97 Å². The number of nitrogen functional groups attached to an aromatic ring is 2. The van der Waals surface area contributed by atoms with Crippen molar-refractivity contribution in [1.82, 2.24) is 9.97 Å². The van der Waals surface area contributed by atoms with Crippen LogP contribution in [0.3, 0.4) is 0 Å². The van der Waals surface area contributed by atoms with Crippen molar-refractivity contribution in [1.29, 1.82) is 0 Å². The molecule has 0 fully saturated rings. The third-order valence-corrected chi connectivity index (χ3v) is 1.46. The molecule has 15 heavy (non-hydrogen) atoms. The number of aliphatic hydroxyl groups is 1. The van der Waals surface area contributed by atoms with Crippen molar-refractivity contribution in [3.05, 3.63) is 0 Å². The van der Waals surface area contributed by atoms with Crippen LogP contribution < -0.4 is 20.9 Å². The molecule has 0 aliphatic carbocycles. The van der Waals surface area contributed by atoms with Crippen molar-refractivity contribution in [3.8, 4) is 11.8 Å². The number of ether oxygens (including phenoxy) is 2. The highest BCUT2D eigenvalue weighted by atomic mass is 16.6. The number of anilines is 2. The summed E-state index contributed by atoms with van der Waals surface area (Å²) in [6.45, 7) is 3.61. The number of aromatic nitrogens is 2. The van der Waals surface area contributed by atoms with Crippen molar-refractivity contribution in [2.75, 3.05) is 18.1 Å². The molecule has 0 aromatic carbocycles. The predicted molar refractivity (Wildman–Crippen MR) is 54.3 cm³/mol. The van der Waals surface area contributed by atoms with Gasteiger partial charge in [-0.1, -0.05) is 0 Å². The monoisotopic (exact) mass is 214 g/mol. The van der Waals surface area contributed by atoms with Gasteiger partial charge in [-0.05, 0) is 13.8 Å². The molecule has 7 heteroatoms. The van der Waals surface area contributed by atoms with E-state index in [4.69, 9.17) is 26.0 Å². The van der Waals surface area contributed by atoms with E-state index >= 15 is 0 Å². The zero-order valence-electron chi connectivity index (χ0n) is 8.60. The van der Waals surface area contributed by atoms with Crippen LogP contribution in [-0.4, -0.2) is 28.0 Å². The standard InChI is InChI=1S/C8H14N4O3/c1-3-14-6-5(9)7(15-4(2)13)12-8(10)11-6/h4,13H,3,9H2,1-2H3,(H2,10,11,12). The summed E-state index contributed by atoms with van der Waals surface area (Å²) in [4.78, 5) is 7.52. The van der Waals surface area contributed by atoms with Gasteiger partial charge in [0.25, 0.3) is 0 Å². The van der Waals surface area contributed by atoms with Crippen molar-refractivity contribution in [3.63, 3.8) is 0 Å². The van der Waals surface area contributed by atoms with Gasteiger partial charge < -0.3 is 26.0 Å². The van der Waals surface area contributed by atoms with E-state index < -0.39 is 6.29 Å². The SMILES string of the molecule is CCOc1nc(N)nc(OC(C)O)c1N. The lowest BCUT2D eigenvalue weighted by Gasteiger charge is -2.12. The zero-order valence-corrected chi connectivity index (χ0v) is 8.60. The maximum absolute atomic E-state index is 9.02. The van der Waals surface area contributed by atoms with Crippen LogP contribution in [0, 0.1) is 0 Å². The first kappa shape index (κ1) is 11.3. The van der Waals surface area contributed by atoms with Crippen LogP contribution in [0.5, 0.6) is 11.8 Å². The quantitative estimate of drug-likeness (QED) is 0.592. The van der Waals surface area contributed by atoms with Gasteiger partial charge in [0.2, 0.25) is 17.7 Å². The Bertz CT molecular complexity index is 343. The molecule has 84 valence electrons. The van der Waals surface area contributed by atoms with Crippen LogP contribution in [0.25, 0.3) is 0 Å². The van der Waals surface area contributed by atoms with E-state index in [2.05, 4.69) is 9.97 Å². The van der Waals surface area contributed by atoms with Gasteiger partial charge in [0.15, 0.2) is 12.0 Å². The van der Waals surface area contributed by atoms with E-state index in [0.717, 1.165) is 0 Å². The number of rotatable bonds is 4. The Morgan fingerprint density at radius 2 is 1.93 bits per heavy atom. The van der Waals surface area contributed by atoms with Crippen molar-refractivity contribution < 1.29 is 14.6 Å². The Morgan fingerprint density at radius 1 is 1.33 bits per heavy atom. The minimum Gasteiger partial charge on any atom is -0.476 e. The van der Waals surface area contributed by atoms with Crippen LogP contribution >= 0.6 is 0 Å². The Kier molecular flexibility index (Phi) is 3.51. The Morgan fingerprint density at radius 3 is 2.47 bits per heavy atom. The third-order valence-electron chi connectivity index (χ3n) is 1.46. The topological polar surface area (TPSA) is 117 Å². The molecule has 1 atom stereocenters. The molecule has 0 saturated carbocycles.